The van der Waals surface area contributed by atoms with Crippen LogP contribution in [0.25, 0.3) is 0 Å². The van der Waals surface area contributed by atoms with Crippen molar-refractivity contribution in [3.8, 4) is 0 Å². The van der Waals surface area contributed by atoms with Gasteiger partial charge in [0.15, 0.2) is 0 Å². The molecular weight excluding hydrogens is 188 g/mol. The van der Waals surface area contributed by atoms with E-state index in [2.05, 4.69) is 10.2 Å². The molecular formula is C6H16N4O2Si. The Balaban J connectivity index is 0. The summed E-state index contributed by atoms with van der Waals surface area (Å²) in [6.45, 7) is 0. The zero-order valence-corrected chi connectivity index (χ0v) is 7.61. The van der Waals surface area contributed by atoms with Gasteiger partial charge in [-0.3, -0.25) is 0 Å². The highest BCUT2D eigenvalue weighted by molar-refractivity contribution is 5.79. The van der Waals surface area contributed by atoms with Gasteiger partial charge in [-0.2, -0.15) is 0 Å². The van der Waals surface area contributed by atoms with Crippen LogP contribution in [0.2, 0.25) is 0 Å². The van der Waals surface area contributed by atoms with Gasteiger partial charge in [0.05, 0.1) is 0 Å². The number of hydrogen-bond donors (Lipinski definition) is 0. The fourth-order valence-corrected chi connectivity index (χ4v) is 0.264. The number of nitrogens with zero attached hydrogens (tertiary/aromatic N) is 4. The van der Waals surface area contributed by atoms with Crippen LogP contribution in [0.4, 0.5) is 9.59 Å². The molecule has 4 amide bonds. The lowest BCUT2D eigenvalue weighted by molar-refractivity contribution is 0.218. The zero-order valence-electron chi connectivity index (χ0n) is 7.61. The first-order valence-corrected chi connectivity index (χ1v) is 3.29. The predicted octanol–water partition coefficient (Wildman–Crippen LogP) is -0.650. The van der Waals surface area contributed by atoms with Gasteiger partial charge in [-0.15, -0.1) is 0 Å². The number of hydrogen-bond acceptors (Lipinski definition) is 2. The highest BCUT2D eigenvalue weighted by Gasteiger charge is 2.03. The average Bonchev–Trinajstić information content (AvgIpc) is 1.98. The summed E-state index contributed by atoms with van der Waals surface area (Å²) in [4.78, 5) is 24.0. The third-order valence-electron chi connectivity index (χ3n) is 0.986. The van der Waals surface area contributed by atoms with Crippen LogP contribution in [-0.4, -0.2) is 61.0 Å². The Morgan fingerprint density at radius 1 is 0.846 bits per heavy atom. The van der Waals surface area contributed by atoms with E-state index in [4.69, 9.17) is 0 Å². The van der Waals surface area contributed by atoms with Gasteiger partial charge in [0.1, 0.15) is 0 Å². The van der Waals surface area contributed by atoms with Crippen LogP contribution in [-0.2, 0) is 0 Å². The molecule has 7 heteroatoms. The molecule has 0 N–H and O–H groups in total. The summed E-state index contributed by atoms with van der Waals surface area (Å²) >= 11 is 0. The summed E-state index contributed by atoms with van der Waals surface area (Å²) < 4.78 is 0. The quantitative estimate of drug-likeness (QED) is 0.389. The van der Waals surface area contributed by atoms with Crippen LogP contribution < -0.4 is 0 Å². The van der Waals surface area contributed by atoms with E-state index < -0.39 is 12.1 Å². The maximum absolute atomic E-state index is 10.8. The second-order valence-corrected chi connectivity index (χ2v) is 2.55. The van der Waals surface area contributed by atoms with Gasteiger partial charge in [0.25, 0.3) is 0 Å². The van der Waals surface area contributed by atoms with Crippen LogP contribution in [0.15, 0.2) is 10.2 Å². The summed E-state index contributed by atoms with van der Waals surface area (Å²) in [6.07, 6.45) is 0. The molecule has 0 unspecified atom stereocenters. The summed E-state index contributed by atoms with van der Waals surface area (Å²) in [5, 5.41) is 6.33. The lowest BCUT2D eigenvalue weighted by Gasteiger charge is -2.05. The van der Waals surface area contributed by atoms with Crippen LogP contribution in [0.1, 0.15) is 0 Å². The van der Waals surface area contributed by atoms with Crippen LogP contribution in [0, 0.1) is 0 Å². The monoisotopic (exact) mass is 204 g/mol. The first kappa shape index (κ1) is 14.3. The van der Waals surface area contributed by atoms with Crippen molar-refractivity contribution in [2.45, 2.75) is 0 Å². The molecule has 0 rings (SSSR count). The average molecular weight is 204 g/mol. The second-order valence-electron chi connectivity index (χ2n) is 2.55. The van der Waals surface area contributed by atoms with Gasteiger partial charge >= 0.3 is 12.1 Å². The van der Waals surface area contributed by atoms with Crippen molar-refractivity contribution < 1.29 is 9.59 Å². The summed E-state index contributed by atoms with van der Waals surface area (Å²) in [5.74, 6) is 0. The zero-order chi connectivity index (χ0) is 9.72. The molecule has 0 atom stereocenters. The van der Waals surface area contributed by atoms with Gasteiger partial charge in [0, 0.05) is 28.2 Å². The largest absolute Gasteiger partial charge is 0.361 e. The first-order chi connectivity index (χ1) is 5.45. The van der Waals surface area contributed by atoms with Gasteiger partial charge in [-0.25, -0.2) is 9.59 Å². The molecule has 76 valence electrons. The van der Waals surface area contributed by atoms with E-state index in [0.717, 1.165) is 0 Å². The van der Waals surface area contributed by atoms with Gasteiger partial charge in [-0.1, -0.05) is 10.2 Å². The van der Waals surface area contributed by atoms with Crippen LogP contribution in [0.5, 0.6) is 0 Å². The minimum Gasteiger partial charge on any atom is -0.328 e. The Hall–Kier alpha value is -1.24. The normalized spacial score (nSPS) is 9.23. The predicted molar refractivity (Wildman–Crippen MR) is 54.4 cm³/mol. The van der Waals surface area contributed by atoms with Gasteiger partial charge < -0.3 is 9.80 Å². The van der Waals surface area contributed by atoms with Crippen molar-refractivity contribution in [1.82, 2.24) is 9.80 Å². The highest BCUT2D eigenvalue weighted by atomic mass is 28.1. The summed E-state index contributed by atoms with van der Waals surface area (Å²) in [6, 6.07) is -1.10. The first-order valence-electron chi connectivity index (χ1n) is 3.29. The Morgan fingerprint density at radius 3 is 1.23 bits per heavy atom. The van der Waals surface area contributed by atoms with Crippen molar-refractivity contribution in [3.63, 3.8) is 0 Å². The molecule has 0 aromatic carbocycles. The third kappa shape index (κ3) is 5.97. The lowest BCUT2D eigenvalue weighted by atomic mass is 10.8. The Labute approximate surface area is 81.6 Å². The molecule has 0 aromatic heterocycles. The van der Waals surface area contributed by atoms with E-state index in [-0.39, 0.29) is 11.0 Å². The molecule has 0 spiro atoms. The maximum Gasteiger partial charge on any atom is 0.361 e. The molecule has 0 aliphatic carbocycles. The minimum atomic E-state index is -0.551. The molecule has 0 radical (unpaired) electrons. The van der Waals surface area contributed by atoms with Crippen LogP contribution in [0.3, 0.4) is 0 Å². The van der Waals surface area contributed by atoms with Crippen molar-refractivity contribution in [2.24, 2.45) is 10.2 Å². The molecule has 13 heavy (non-hydrogen) atoms. The van der Waals surface area contributed by atoms with Crippen molar-refractivity contribution in [1.29, 1.82) is 0 Å². The number of azo groups is 1. The molecule has 0 bridgehead atoms. The highest BCUT2D eigenvalue weighted by Crippen LogP contribution is 1.89. The van der Waals surface area contributed by atoms with E-state index in [1.54, 1.807) is 0 Å². The minimum absolute atomic E-state index is 0. The van der Waals surface area contributed by atoms with E-state index >= 15 is 0 Å². The molecule has 0 aliphatic rings. The van der Waals surface area contributed by atoms with Crippen molar-refractivity contribution in [2.75, 3.05) is 28.2 Å². The van der Waals surface area contributed by atoms with Crippen LogP contribution >= 0.6 is 0 Å². The number of carbonyl (C=O) groups is 2. The Bertz CT molecular complexity index is 193. The molecule has 0 aliphatic heterocycles. The SMILES string of the molecule is CN(C)C(=O)N=NC(=O)N(C)C.[SiH4]. The molecule has 6 nitrogen and oxygen atoms in total. The lowest BCUT2D eigenvalue weighted by Crippen LogP contribution is -2.20. The van der Waals surface area contributed by atoms with Crippen molar-refractivity contribution in [3.05, 3.63) is 0 Å². The van der Waals surface area contributed by atoms with E-state index in [1.807, 2.05) is 0 Å². The fourth-order valence-electron chi connectivity index (χ4n) is 0.264. The second kappa shape index (κ2) is 6.29. The molecule has 0 saturated carbocycles. The van der Waals surface area contributed by atoms with E-state index in [9.17, 15) is 9.59 Å². The van der Waals surface area contributed by atoms with Gasteiger partial charge in [-0.05, 0) is 11.0 Å². The summed E-state index contributed by atoms with van der Waals surface area (Å²) in [5.41, 5.74) is 0. The number of amides is 4. The molecule has 0 saturated heterocycles. The Kier molecular flexibility index (Phi) is 6.92. The standard InChI is InChI=1S/C6H12N4O2.H4Si/c1-9(2)5(11)7-8-6(12)10(3)4;/h1-4H3;1H4. The Morgan fingerprint density at radius 2 is 1.08 bits per heavy atom. The van der Waals surface area contributed by atoms with Gasteiger partial charge in [0.2, 0.25) is 0 Å². The van der Waals surface area contributed by atoms with E-state index in [1.165, 1.54) is 38.0 Å². The van der Waals surface area contributed by atoms with Crippen molar-refractivity contribution >= 4 is 23.0 Å². The smallest absolute Gasteiger partial charge is 0.328 e. The summed E-state index contributed by atoms with van der Waals surface area (Å²) in [7, 11) is 6.12. The number of rotatable bonds is 0. The molecule has 0 aromatic rings. The number of urea groups is 2. The van der Waals surface area contributed by atoms with E-state index in [0.29, 0.717) is 0 Å². The topological polar surface area (TPSA) is 65.3 Å². The maximum atomic E-state index is 10.8. The third-order valence-corrected chi connectivity index (χ3v) is 0.986. The molecule has 0 heterocycles. The number of carbonyl (C=O) groups excluding carboxylic acids is 2. The fraction of sp³-hybridized carbons (Fsp3) is 0.667. The molecule has 0 fully saturated rings.